The molecular weight excluding hydrogens is 232 g/mol. The first-order chi connectivity index (χ1) is 8.30. The van der Waals surface area contributed by atoms with E-state index < -0.39 is 17.6 Å². The lowest BCUT2D eigenvalue weighted by molar-refractivity contribution is -0.158. The molecule has 0 saturated carbocycles. The van der Waals surface area contributed by atoms with E-state index in [0.29, 0.717) is 0 Å². The van der Waals surface area contributed by atoms with Crippen molar-refractivity contribution in [1.29, 1.82) is 10.5 Å². The molecule has 18 heavy (non-hydrogen) atoms. The fourth-order valence-corrected chi connectivity index (χ4v) is 1.35. The largest absolute Gasteiger partial charge is 0.458 e. The molecule has 0 saturated heterocycles. The molecule has 0 aliphatic rings. The Morgan fingerprint density at radius 1 is 1.44 bits per heavy atom. The third kappa shape index (κ3) is 2.86. The molecule has 0 aliphatic carbocycles. The van der Waals surface area contributed by atoms with Crippen LogP contribution in [0.1, 0.15) is 45.1 Å². The maximum absolute atomic E-state index is 11.9. The Bertz CT molecular complexity index is 540. The fraction of sp³-hybridized carbons (Fsp3) is 0.500. The van der Waals surface area contributed by atoms with E-state index in [1.165, 1.54) is 10.9 Å². The number of nitriles is 2. The predicted molar refractivity (Wildman–Crippen MR) is 62.2 cm³/mol. The molecule has 1 aromatic heterocycles. The molecule has 0 spiro atoms. The van der Waals surface area contributed by atoms with Crippen molar-refractivity contribution in [3.05, 3.63) is 17.7 Å². The van der Waals surface area contributed by atoms with Crippen molar-refractivity contribution >= 4 is 5.97 Å². The molecule has 6 nitrogen and oxygen atoms in total. The molecular formula is C12H14N4O2. The maximum Gasteiger partial charge on any atom is 0.329 e. The highest BCUT2D eigenvalue weighted by atomic mass is 16.6. The lowest BCUT2D eigenvalue weighted by Gasteiger charge is -2.22. The second-order valence-corrected chi connectivity index (χ2v) is 4.78. The van der Waals surface area contributed by atoms with Gasteiger partial charge in [0, 0.05) is 0 Å². The summed E-state index contributed by atoms with van der Waals surface area (Å²) in [4.78, 5) is 15.6. The topological polar surface area (TPSA) is 91.7 Å². The third-order valence-corrected chi connectivity index (χ3v) is 2.17. The summed E-state index contributed by atoms with van der Waals surface area (Å²) in [5.41, 5.74) is -0.527. The van der Waals surface area contributed by atoms with Gasteiger partial charge in [0.2, 0.25) is 0 Å². The molecule has 94 valence electrons. The number of carbonyl (C=O) groups excluding carboxylic acids is 1. The van der Waals surface area contributed by atoms with Crippen molar-refractivity contribution in [2.24, 2.45) is 0 Å². The van der Waals surface area contributed by atoms with Gasteiger partial charge >= 0.3 is 5.97 Å². The minimum Gasteiger partial charge on any atom is -0.458 e. The summed E-state index contributed by atoms with van der Waals surface area (Å²) >= 11 is 0. The molecule has 0 N–H and O–H groups in total. The molecule has 1 unspecified atom stereocenters. The number of imidazole rings is 1. The first kappa shape index (κ1) is 13.7. The molecule has 1 aromatic rings. The fourth-order valence-electron chi connectivity index (χ4n) is 1.35. The van der Waals surface area contributed by atoms with Gasteiger partial charge in [0.25, 0.3) is 0 Å². The molecule has 1 rings (SSSR count). The molecule has 1 atom stereocenters. The van der Waals surface area contributed by atoms with Gasteiger partial charge in [0.15, 0.2) is 11.4 Å². The number of aromatic nitrogens is 2. The van der Waals surface area contributed by atoms with E-state index in [1.54, 1.807) is 33.8 Å². The summed E-state index contributed by atoms with van der Waals surface area (Å²) in [7, 11) is 0. The Kier molecular flexibility index (Phi) is 3.73. The van der Waals surface area contributed by atoms with E-state index in [4.69, 9.17) is 15.3 Å². The van der Waals surface area contributed by atoms with Crippen LogP contribution in [0.3, 0.4) is 0 Å². The van der Waals surface area contributed by atoms with E-state index in [-0.39, 0.29) is 11.4 Å². The number of carbonyl (C=O) groups is 1. The number of hydrogen-bond donors (Lipinski definition) is 0. The predicted octanol–water partition coefficient (Wildman–Crippen LogP) is 1.53. The van der Waals surface area contributed by atoms with Crippen LogP contribution in [0.4, 0.5) is 0 Å². The van der Waals surface area contributed by atoms with Crippen molar-refractivity contribution in [2.45, 2.75) is 39.3 Å². The first-order valence-electron chi connectivity index (χ1n) is 5.40. The van der Waals surface area contributed by atoms with E-state index in [2.05, 4.69) is 4.98 Å². The van der Waals surface area contributed by atoms with Gasteiger partial charge in [-0.25, -0.2) is 9.78 Å². The van der Waals surface area contributed by atoms with Crippen LogP contribution in [0.15, 0.2) is 6.33 Å². The summed E-state index contributed by atoms with van der Waals surface area (Å²) in [5.74, 6) is -0.471. The standard InChI is InChI=1S/C12H14N4O2/c1-8(11(17)18-12(2,3)4)16-7-15-9(5-13)10(16)6-14/h7-8H,1-4H3. The van der Waals surface area contributed by atoms with Crippen LogP contribution in [0.5, 0.6) is 0 Å². The monoisotopic (exact) mass is 246 g/mol. The van der Waals surface area contributed by atoms with E-state index in [9.17, 15) is 4.79 Å². The molecule has 0 amide bonds. The van der Waals surface area contributed by atoms with Gasteiger partial charge in [-0.15, -0.1) is 0 Å². The van der Waals surface area contributed by atoms with Gasteiger partial charge in [-0.3, -0.25) is 0 Å². The summed E-state index contributed by atoms with van der Waals surface area (Å²) in [6, 6.07) is 2.97. The molecule has 0 aliphatic heterocycles. The molecule has 0 radical (unpaired) electrons. The van der Waals surface area contributed by atoms with Crippen LogP contribution in [-0.4, -0.2) is 21.1 Å². The lowest BCUT2D eigenvalue weighted by Crippen LogP contribution is -2.29. The Morgan fingerprint density at radius 2 is 2.06 bits per heavy atom. The Balaban J connectivity index is 3.03. The number of rotatable bonds is 2. The zero-order valence-electron chi connectivity index (χ0n) is 10.8. The van der Waals surface area contributed by atoms with Crippen LogP contribution >= 0.6 is 0 Å². The molecule has 0 fully saturated rings. The van der Waals surface area contributed by atoms with Gasteiger partial charge in [0.05, 0.1) is 6.33 Å². The third-order valence-electron chi connectivity index (χ3n) is 2.17. The van der Waals surface area contributed by atoms with E-state index in [0.717, 1.165) is 0 Å². The first-order valence-corrected chi connectivity index (χ1v) is 5.40. The highest BCUT2D eigenvalue weighted by molar-refractivity contribution is 5.74. The smallest absolute Gasteiger partial charge is 0.329 e. The summed E-state index contributed by atoms with van der Waals surface area (Å²) in [6.45, 7) is 6.88. The number of ether oxygens (including phenoxy) is 1. The van der Waals surface area contributed by atoms with Crippen LogP contribution in [-0.2, 0) is 9.53 Å². The number of hydrogen-bond acceptors (Lipinski definition) is 5. The average molecular weight is 246 g/mol. The average Bonchev–Trinajstić information content (AvgIpc) is 2.67. The van der Waals surface area contributed by atoms with Crippen molar-refractivity contribution in [3.63, 3.8) is 0 Å². The molecule has 0 aromatic carbocycles. The quantitative estimate of drug-likeness (QED) is 0.738. The van der Waals surface area contributed by atoms with Crippen LogP contribution in [0, 0.1) is 22.7 Å². The highest BCUT2D eigenvalue weighted by Crippen LogP contribution is 2.17. The molecule has 6 heteroatoms. The zero-order valence-corrected chi connectivity index (χ0v) is 10.8. The summed E-state index contributed by atoms with van der Waals surface area (Å²) in [5, 5.41) is 17.7. The van der Waals surface area contributed by atoms with Gasteiger partial charge in [0.1, 0.15) is 23.8 Å². The Morgan fingerprint density at radius 3 is 2.50 bits per heavy atom. The minimum absolute atomic E-state index is 0.00732. The van der Waals surface area contributed by atoms with Gasteiger partial charge in [-0.1, -0.05) is 0 Å². The van der Waals surface area contributed by atoms with Gasteiger partial charge in [-0.05, 0) is 27.7 Å². The molecule has 1 heterocycles. The van der Waals surface area contributed by atoms with Crippen molar-refractivity contribution in [2.75, 3.05) is 0 Å². The summed E-state index contributed by atoms with van der Waals surface area (Å²) in [6.07, 6.45) is 1.30. The van der Waals surface area contributed by atoms with Crippen molar-refractivity contribution in [3.8, 4) is 12.1 Å². The van der Waals surface area contributed by atoms with Crippen molar-refractivity contribution < 1.29 is 9.53 Å². The molecule has 0 bridgehead atoms. The van der Waals surface area contributed by atoms with Gasteiger partial charge < -0.3 is 9.30 Å². The van der Waals surface area contributed by atoms with E-state index in [1.807, 2.05) is 6.07 Å². The van der Waals surface area contributed by atoms with Crippen LogP contribution in [0.2, 0.25) is 0 Å². The lowest BCUT2D eigenvalue weighted by atomic mass is 10.2. The Labute approximate surface area is 105 Å². The number of esters is 1. The van der Waals surface area contributed by atoms with E-state index >= 15 is 0 Å². The second kappa shape index (κ2) is 4.89. The number of nitrogens with zero attached hydrogens (tertiary/aromatic N) is 4. The highest BCUT2D eigenvalue weighted by Gasteiger charge is 2.25. The zero-order chi connectivity index (χ0) is 13.9. The van der Waals surface area contributed by atoms with Crippen molar-refractivity contribution in [1.82, 2.24) is 9.55 Å². The SMILES string of the molecule is CC(C(=O)OC(C)(C)C)n1cnc(C#N)c1C#N. The Hall–Kier alpha value is -2.34. The summed E-state index contributed by atoms with van der Waals surface area (Å²) < 4.78 is 6.56. The second-order valence-electron chi connectivity index (χ2n) is 4.78. The maximum atomic E-state index is 11.9. The van der Waals surface area contributed by atoms with Gasteiger partial charge in [-0.2, -0.15) is 10.5 Å². The normalized spacial score (nSPS) is 12.3. The minimum atomic E-state index is -0.700. The van der Waals surface area contributed by atoms with Crippen LogP contribution in [0.25, 0.3) is 0 Å². The van der Waals surface area contributed by atoms with Crippen LogP contribution < -0.4 is 0 Å².